The second-order valence-electron chi connectivity index (χ2n) is 4.81. The van der Waals surface area contributed by atoms with Crippen molar-refractivity contribution in [3.63, 3.8) is 0 Å². The van der Waals surface area contributed by atoms with Crippen molar-refractivity contribution < 1.29 is 13.2 Å². The second-order valence-corrected chi connectivity index (χ2v) is 6.37. The summed E-state index contributed by atoms with van der Waals surface area (Å²) in [6, 6.07) is 15.5. The molecule has 0 aliphatic heterocycles. The lowest BCUT2D eigenvalue weighted by atomic mass is 10.1. The van der Waals surface area contributed by atoms with Gasteiger partial charge >= 0.3 is 0 Å². The molecule has 6 heteroatoms. The number of primary sulfonamides is 1. The molecule has 23 heavy (non-hydrogen) atoms. The molecule has 0 atom stereocenters. The number of carbonyl (C=O) groups excluding carboxylic acids is 1. The molecule has 0 unspecified atom stereocenters. The fourth-order valence-electron chi connectivity index (χ4n) is 1.86. The standard InChI is InChI=1S/C17H16N2O3S/c18-23(21,22)16-9-6-15(7-10-16)12-13-19-17(20)11-8-14-4-2-1-3-5-14/h1-7,9-10H,12-13H2,(H,19,20)(H2,18,21,22). The summed E-state index contributed by atoms with van der Waals surface area (Å²) in [5.74, 6) is 4.94. The molecule has 3 N–H and O–H groups in total. The molecular formula is C17H16N2O3S. The van der Waals surface area contributed by atoms with Crippen LogP contribution in [0, 0.1) is 11.8 Å². The molecule has 1 amide bonds. The van der Waals surface area contributed by atoms with E-state index in [-0.39, 0.29) is 10.8 Å². The van der Waals surface area contributed by atoms with Gasteiger partial charge in [0.05, 0.1) is 4.90 Å². The average molecular weight is 328 g/mol. The summed E-state index contributed by atoms with van der Waals surface area (Å²) in [6.45, 7) is 0.414. The quantitative estimate of drug-likeness (QED) is 0.822. The molecule has 0 heterocycles. The SMILES string of the molecule is NS(=O)(=O)c1ccc(CCNC(=O)C#Cc2ccccc2)cc1. The fourth-order valence-corrected chi connectivity index (χ4v) is 2.38. The van der Waals surface area contributed by atoms with Crippen molar-refractivity contribution >= 4 is 15.9 Å². The minimum atomic E-state index is -3.68. The minimum Gasteiger partial charge on any atom is -0.345 e. The molecule has 2 aromatic rings. The molecule has 2 rings (SSSR count). The monoisotopic (exact) mass is 328 g/mol. The van der Waals surface area contributed by atoms with E-state index in [2.05, 4.69) is 17.2 Å². The highest BCUT2D eigenvalue weighted by Crippen LogP contribution is 2.08. The highest BCUT2D eigenvalue weighted by atomic mass is 32.2. The van der Waals surface area contributed by atoms with Crippen LogP contribution in [0.5, 0.6) is 0 Å². The van der Waals surface area contributed by atoms with E-state index < -0.39 is 10.0 Å². The van der Waals surface area contributed by atoms with Crippen LogP contribution < -0.4 is 10.5 Å². The first-order valence-electron chi connectivity index (χ1n) is 6.92. The van der Waals surface area contributed by atoms with Gasteiger partial charge in [0.25, 0.3) is 5.91 Å². The maximum Gasteiger partial charge on any atom is 0.296 e. The lowest BCUT2D eigenvalue weighted by molar-refractivity contribution is -0.115. The second kappa shape index (κ2) is 7.58. The number of carbonyl (C=O) groups is 1. The summed E-state index contributed by atoms with van der Waals surface area (Å²) in [7, 11) is -3.68. The number of benzene rings is 2. The number of sulfonamides is 1. The Balaban J connectivity index is 1.83. The van der Waals surface area contributed by atoms with E-state index in [1.807, 2.05) is 30.3 Å². The van der Waals surface area contributed by atoms with Crippen LogP contribution in [-0.2, 0) is 21.2 Å². The Morgan fingerprint density at radius 1 is 1.04 bits per heavy atom. The van der Waals surface area contributed by atoms with Crippen LogP contribution in [0.25, 0.3) is 0 Å². The predicted molar refractivity (Wildman–Crippen MR) is 87.8 cm³/mol. The summed E-state index contributed by atoms with van der Waals surface area (Å²) < 4.78 is 22.3. The molecule has 0 aromatic heterocycles. The highest BCUT2D eigenvalue weighted by Gasteiger charge is 2.06. The zero-order valence-electron chi connectivity index (χ0n) is 12.3. The van der Waals surface area contributed by atoms with Crippen LogP contribution in [0.1, 0.15) is 11.1 Å². The fraction of sp³-hybridized carbons (Fsp3) is 0.118. The van der Waals surface area contributed by atoms with Crippen molar-refractivity contribution in [3.05, 3.63) is 65.7 Å². The van der Waals surface area contributed by atoms with Crippen LogP contribution in [0.4, 0.5) is 0 Å². The van der Waals surface area contributed by atoms with Gasteiger partial charge < -0.3 is 5.32 Å². The number of nitrogens with one attached hydrogen (secondary N) is 1. The first kappa shape index (κ1) is 16.7. The number of rotatable bonds is 4. The molecule has 2 aromatic carbocycles. The van der Waals surface area contributed by atoms with Crippen molar-refractivity contribution in [1.29, 1.82) is 0 Å². The zero-order chi connectivity index (χ0) is 16.7. The Hall–Kier alpha value is -2.62. The third-order valence-corrected chi connectivity index (χ3v) is 3.97. The molecule has 0 aliphatic rings. The van der Waals surface area contributed by atoms with Gasteiger partial charge in [0.1, 0.15) is 0 Å². The maximum absolute atomic E-state index is 11.6. The number of hydrogen-bond acceptors (Lipinski definition) is 3. The summed E-state index contributed by atoms with van der Waals surface area (Å²) >= 11 is 0. The van der Waals surface area contributed by atoms with Crippen LogP contribution in [-0.4, -0.2) is 20.9 Å². The van der Waals surface area contributed by atoms with Crippen molar-refractivity contribution in [3.8, 4) is 11.8 Å². The highest BCUT2D eigenvalue weighted by molar-refractivity contribution is 7.89. The number of nitrogens with two attached hydrogens (primary N) is 1. The molecule has 0 saturated heterocycles. The molecular weight excluding hydrogens is 312 g/mol. The van der Waals surface area contributed by atoms with E-state index in [9.17, 15) is 13.2 Å². The Morgan fingerprint density at radius 3 is 2.30 bits per heavy atom. The van der Waals surface area contributed by atoms with E-state index in [0.717, 1.165) is 11.1 Å². The smallest absolute Gasteiger partial charge is 0.296 e. The minimum absolute atomic E-state index is 0.0685. The van der Waals surface area contributed by atoms with Gasteiger partial charge in [-0.05, 0) is 36.2 Å². The Labute approximate surface area is 135 Å². The van der Waals surface area contributed by atoms with Crippen molar-refractivity contribution in [2.45, 2.75) is 11.3 Å². The van der Waals surface area contributed by atoms with Crippen LogP contribution >= 0.6 is 0 Å². The molecule has 0 bridgehead atoms. The van der Waals surface area contributed by atoms with Gasteiger partial charge in [0, 0.05) is 18.0 Å². The van der Waals surface area contributed by atoms with Gasteiger partial charge in [0.15, 0.2) is 0 Å². The van der Waals surface area contributed by atoms with Gasteiger partial charge in [-0.25, -0.2) is 13.6 Å². The van der Waals surface area contributed by atoms with Crippen LogP contribution in [0.15, 0.2) is 59.5 Å². The molecule has 118 valence electrons. The Morgan fingerprint density at radius 2 is 1.70 bits per heavy atom. The van der Waals surface area contributed by atoms with Gasteiger partial charge in [-0.15, -0.1) is 0 Å². The number of amides is 1. The Kier molecular flexibility index (Phi) is 5.52. The predicted octanol–water partition coefficient (Wildman–Crippen LogP) is 1.04. The maximum atomic E-state index is 11.6. The van der Waals surface area contributed by atoms with Crippen LogP contribution in [0.2, 0.25) is 0 Å². The molecule has 5 nitrogen and oxygen atoms in total. The van der Waals surface area contributed by atoms with E-state index in [4.69, 9.17) is 5.14 Å². The Bertz CT molecular complexity index is 833. The molecule has 0 spiro atoms. The lowest BCUT2D eigenvalue weighted by Gasteiger charge is -2.03. The molecule has 0 aliphatic carbocycles. The lowest BCUT2D eigenvalue weighted by Crippen LogP contribution is -2.24. The van der Waals surface area contributed by atoms with Gasteiger partial charge in [-0.3, -0.25) is 4.79 Å². The summed E-state index contributed by atoms with van der Waals surface area (Å²) in [6.07, 6.45) is 0.573. The first-order valence-corrected chi connectivity index (χ1v) is 8.46. The number of hydrogen-bond donors (Lipinski definition) is 2. The van der Waals surface area contributed by atoms with Gasteiger partial charge in [-0.1, -0.05) is 36.3 Å². The van der Waals surface area contributed by atoms with Gasteiger partial charge in [-0.2, -0.15) is 0 Å². The summed E-state index contributed by atoms with van der Waals surface area (Å²) in [5, 5.41) is 7.72. The van der Waals surface area contributed by atoms with Crippen LogP contribution in [0.3, 0.4) is 0 Å². The third kappa shape index (κ3) is 5.58. The average Bonchev–Trinajstić information content (AvgIpc) is 2.53. The molecule has 0 saturated carbocycles. The van der Waals surface area contributed by atoms with E-state index in [1.54, 1.807) is 12.1 Å². The van der Waals surface area contributed by atoms with E-state index in [0.29, 0.717) is 13.0 Å². The summed E-state index contributed by atoms with van der Waals surface area (Å²) in [4.78, 5) is 11.7. The molecule has 0 radical (unpaired) electrons. The summed E-state index contributed by atoms with van der Waals surface area (Å²) in [5.41, 5.74) is 1.68. The zero-order valence-corrected chi connectivity index (χ0v) is 13.1. The van der Waals surface area contributed by atoms with Gasteiger partial charge in [0.2, 0.25) is 10.0 Å². The first-order chi connectivity index (χ1) is 10.9. The molecule has 0 fully saturated rings. The normalized spacial score (nSPS) is 10.5. The largest absolute Gasteiger partial charge is 0.345 e. The van der Waals surface area contributed by atoms with Crippen molar-refractivity contribution in [2.75, 3.05) is 6.54 Å². The third-order valence-electron chi connectivity index (χ3n) is 3.05. The van der Waals surface area contributed by atoms with E-state index in [1.165, 1.54) is 12.1 Å². The van der Waals surface area contributed by atoms with E-state index >= 15 is 0 Å². The van der Waals surface area contributed by atoms with Crippen molar-refractivity contribution in [1.82, 2.24) is 5.32 Å². The topological polar surface area (TPSA) is 89.3 Å². The van der Waals surface area contributed by atoms with Crippen molar-refractivity contribution in [2.24, 2.45) is 5.14 Å².